The maximum absolute atomic E-state index is 14.8. The van der Waals surface area contributed by atoms with Gasteiger partial charge in [-0.1, -0.05) is 60.7 Å². The Balaban J connectivity index is 1.27. The predicted octanol–water partition coefficient (Wildman–Crippen LogP) is 7.30. The monoisotopic (exact) mass is 460 g/mol. The molecule has 34 heavy (non-hydrogen) atoms. The lowest BCUT2D eigenvalue weighted by molar-refractivity contribution is 0.408. The lowest BCUT2D eigenvalue weighted by atomic mass is 9.97. The molecule has 0 amide bonds. The van der Waals surface area contributed by atoms with E-state index in [-0.39, 0.29) is 17.5 Å². The minimum atomic E-state index is -0.847. The molecule has 1 atom stereocenters. The van der Waals surface area contributed by atoms with Gasteiger partial charge in [-0.15, -0.1) is 0 Å². The van der Waals surface area contributed by atoms with E-state index in [1.807, 2.05) is 30.3 Å². The second kappa shape index (κ2) is 9.35. The van der Waals surface area contributed by atoms with Crippen molar-refractivity contribution in [2.75, 3.05) is 13.7 Å². The van der Waals surface area contributed by atoms with Crippen molar-refractivity contribution >= 4 is 0 Å². The van der Waals surface area contributed by atoms with E-state index in [9.17, 15) is 13.2 Å². The highest BCUT2D eigenvalue weighted by Gasteiger charge is 2.27. The van der Waals surface area contributed by atoms with Gasteiger partial charge in [0, 0.05) is 11.1 Å². The molecule has 4 aromatic carbocycles. The number of ether oxygens (including phenoxy) is 2. The number of halogens is 3. The Bertz CT molecular complexity index is 1310. The second-order valence-electron chi connectivity index (χ2n) is 8.38. The SMILES string of the molecule is COc1ccc(-c2ccc(CCc3ccc(-c4ccc(C5CO5)c(F)c4)cc3)c(F)c2F)cc1. The van der Waals surface area contributed by atoms with E-state index >= 15 is 0 Å². The van der Waals surface area contributed by atoms with Crippen molar-refractivity contribution in [2.45, 2.75) is 18.9 Å². The summed E-state index contributed by atoms with van der Waals surface area (Å²) in [5, 5.41) is 0. The highest BCUT2D eigenvalue weighted by atomic mass is 19.2. The first kappa shape index (κ1) is 22.2. The van der Waals surface area contributed by atoms with E-state index in [1.165, 1.54) is 6.07 Å². The molecule has 0 aromatic heterocycles. The Morgan fingerprint density at radius 3 is 2.09 bits per heavy atom. The van der Waals surface area contributed by atoms with Gasteiger partial charge < -0.3 is 9.47 Å². The summed E-state index contributed by atoms with van der Waals surface area (Å²) in [6, 6.07) is 23.0. The van der Waals surface area contributed by atoms with Crippen LogP contribution >= 0.6 is 0 Å². The molecule has 1 saturated heterocycles. The summed E-state index contributed by atoms with van der Waals surface area (Å²) in [5.74, 6) is -1.28. The first-order valence-electron chi connectivity index (χ1n) is 11.1. The van der Waals surface area contributed by atoms with Crippen LogP contribution in [0.3, 0.4) is 0 Å². The normalized spacial score (nSPS) is 14.8. The molecule has 2 nitrogen and oxygen atoms in total. The third kappa shape index (κ3) is 4.57. The van der Waals surface area contributed by atoms with Gasteiger partial charge in [-0.3, -0.25) is 0 Å². The molecule has 0 radical (unpaired) electrons. The molecule has 1 fully saturated rings. The molecule has 1 unspecified atom stereocenters. The summed E-state index contributed by atoms with van der Waals surface area (Å²) >= 11 is 0. The molecular formula is C29H23F3O2. The largest absolute Gasteiger partial charge is 0.497 e. The molecule has 0 aliphatic carbocycles. The maximum Gasteiger partial charge on any atom is 0.166 e. The van der Waals surface area contributed by atoms with Crippen molar-refractivity contribution in [3.63, 3.8) is 0 Å². The van der Waals surface area contributed by atoms with Crippen molar-refractivity contribution in [3.05, 3.63) is 113 Å². The number of rotatable bonds is 7. The lowest BCUT2D eigenvalue weighted by Gasteiger charge is -2.10. The molecule has 172 valence electrons. The van der Waals surface area contributed by atoms with Crippen LogP contribution in [-0.2, 0) is 17.6 Å². The predicted molar refractivity (Wildman–Crippen MR) is 126 cm³/mol. The van der Waals surface area contributed by atoms with E-state index < -0.39 is 11.6 Å². The molecule has 1 heterocycles. The standard InChI is InChI=1S/C29H23F3O2/c1-33-23-12-8-20(9-13-23)24-14-10-21(28(31)29(24)32)7-4-18-2-5-19(6-3-18)22-11-15-25(26(30)16-22)27-17-34-27/h2-3,5-6,8-16,27H,4,7,17H2,1H3. The topological polar surface area (TPSA) is 21.8 Å². The third-order valence-electron chi connectivity index (χ3n) is 6.21. The van der Waals surface area contributed by atoms with Gasteiger partial charge in [0.25, 0.3) is 0 Å². The van der Waals surface area contributed by atoms with Crippen LogP contribution in [0, 0.1) is 17.5 Å². The lowest BCUT2D eigenvalue weighted by Crippen LogP contribution is -2.00. The van der Waals surface area contributed by atoms with Gasteiger partial charge in [0.15, 0.2) is 11.6 Å². The number of hydrogen-bond acceptors (Lipinski definition) is 2. The van der Waals surface area contributed by atoms with Gasteiger partial charge in [0.05, 0.1) is 13.7 Å². The third-order valence-corrected chi connectivity index (χ3v) is 6.21. The fourth-order valence-electron chi connectivity index (χ4n) is 4.11. The van der Waals surface area contributed by atoms with Crippen LogP contribution in [0.5, 0.6) is 5.75 Å². The first-order valence-corrected chi connectivity index (χ1v) is 11.1. The molecule has 1 aliphatic heterocycles. The zero-order chi connectivity index (χ0) is 23.7. The van der Waals surface area contributed by atoms with Crippen LogP contribution < -0.4 is 4.74 Å². The summed E-state index contributed by atoms with van der Waals surface area (Å²) in [4.78, 5) is 0. The highest BCUT2D eigenvalue weighted by Crippen LogP contribution is 2.34. The number of methoxy groups -OCH3 is 1. The van der Waals surface area contributed by atoms with Crippen molar-refractivity contribution in [1.29, 1.82) is 0 Å². The smallest absolute Gasteiger partial charge is 0.166 e. The fraction of sp³-hybridized carbons (Fsp3) is 0.172. The van der Waals surface area contributed by atoms with Crippen LogP contribution in [0.25, 0.3) is 22.3 Å². The highest BCUT2D eigenvalue weighted by molar-refractivity contribution is 5.66. The van der Waals surface area contributed by atoms with Crippen LogP contribution in [0.15, 0.2) is 78.9 Å². The van der Waals surface area contributed by atoms with E-state index in [0.29, 0.717) is 41.9 Å². The Hall–Kier alpha value is -3.57. The molecule has 0 spiro atoms. The van der Waals surface area contributed by atoms with E-state index in [4.69, 9.17) is 9.47 Å². The van der Waals surface area contributed by atoms with Crippen molar-refractivity contribution < 1.29 is 22.6 Å². The average molecular weight is 460 g/mol. The molecule has 4 aromatic rings. The van der Waals surface area contributed by atoms with Gasteiger partial charge in [-0.05, 0) is 58.9 Å². The van der Waals surface area contributed by atoms with Crippen LogP contribution in [0.1, 0.15) is 22.8 Å². The van der Waals surface area contributed by atoms with Gasteiger partial charge in [0.1, 0.15) is 17.7 Å². The number of benzene rings is 4. The Morgan fingerprint density at radius 2 is 1.44 bits per heavy atom. The molecule has 5 rings (SSSR count). The quantitative estimate of drug-likeness (QED) is 0.270. The Kier molecular flexibility index (Phi) is 6.12. The van der Waals surface area contributed by atoms with Gasteiger partial charge in [-0.2, -0.15) is 0 Å². The van der Waals surface area contributed by atoms with Gasteiger partial charge >= 0.3 is 0 Å². The van der Waals surface area contributed by atoms with E-state index in [2.05, 4.69) is 0 Å². The summed E-state index contributed by atoms with van der Waals surface area (Å²) in [7, 11) is 1.55. The molecule has 0 N–H and O–H groups in total. The number of aryl methyl sites for hydroxylation is 2. The summed E-state index contributed by atoms with van der Waals surface area (Å²) in [6.07, 6.45) is 0.813. The molecule has 1 aliphatic rings. The minimum Gasteiger partial charge on any atom is -0.497 e. The minimum absolute atomic E-state index is 0.119. The van der Waals surface area contributed by atoms with Crippen LogP contribution in [-0.4, -0.2) is 13.7 Å². The van der Waals surface area contributed by atoms with E-state index in [1.54, 1.807) is 49.6 Å². The molecule has 5 heteroatoms. The molecule has 0 saturated carbocycles. The molecular weight excluding hydrogens is 437 g/mol. The average Bonchev–Trinajstić information content (AvgIpc) is 3.71. The second-order valence-corrected chi connectivity index (χ2v) is 8.38. The maximum atomic E-state index is 14.8. The fourth-order valence-corrected chi connectivity index (χ4v) is 4.11. The van der Waals surface area contributed by atoms with Gasteiger partial charge in [0.2, 0.25) is 0 Å². The van der Waals surface area contributed by atoms with Gasteiger partial charge in [-0.25, -0.2) is 13.2 Å². The number of hydrogen-bond donors (Lipinski definition) is 0. The zero-order valence-electron chi connectivity index (χ0n) is 18.7. The summed E-state index contributed by atoms with van der Waals surface area (Å²) in [5.41, 5.74) is 4.41. The van der Waals surface area contributed by atoms with Crippen LogP contribution in [0.2, 0.25) is 0 Å². The summed E-state index contributed by atoms with van der Waals surface area (Å²) in [6.45, 7) is 0.569. The van der Waals surface area contributed by atoms with Crippen molar-refractivity contribution in [3.8, 4) is 28.0 Å². The number of epoxide rings is 1. The first-order chi connectivity index (χ1) is 16.5. The van der Waals surface area contributed by atoms with E-state index in [0.717, 1.165) is 16.7 Å². The van der Waals surface area contributed by atoms with Crippen LogP contribution in [0.4, 0.5) is 13.2 Å². The zero-order valence-corrected chi connectivity index (χ0v) is 18.7. The van der Waals surface area contributed by atoms with Crippen molar-refractivity contribution in [1.82, 2.24) is 0 Å². The van der Waals surface area contributed by atoms with Crippen molar-refractivity contribution in [2.24, 2.45) is 0 Å². The summed E-state index contributed by atoms with van der Waals surface area (Å²) < 4.78 is 54.1. The Morgan fingerprint density at radius 1 is 0.765 bits per heavy atom. The Labute approximate surface area is 196 Å². The molecule has 0 bridgehead atoms.